The largest absolute Gasteiger partial charge is 0.369 e. The van der Waals surface area contributed by atoms with Gasteiger partial charge in [-0.2, -0.15) is 0 Å². The normalized spacial score (nSPS) is 11.2. The number of nitrogen functional groups attached to an aromatic ring is 1. The third-order valence-electron chi connectivity index (χ3n) is 3.34. The minimum absolute atomic E-state index is 0.256. The SMILES string of the molecule is CCc1ccccc1-n1c(N)nc2cc(I)c(F)cc21. The molecule has 0 aliphatic rings. The zero-order chi connectivity index (χ0) is 14.3. The van der Waals surface area contributed by atoms with Crippen LogP contribution in [0.15, 0.2) is 36.4 Å². The average molecular weight is 381 g/mol. The minimum Gasteiger partial charge on any atom is -0.369 e. The Morgan fingerprint density at radius 3 is 2.80 bits per heavy atom. The predicted molar refractivity (Wildman–Crippen MR) is 87.5 cm³/mol. The molecule has 0 aliphatic heterocycles. The van der Waals surface area contributed by atoms with Crippen molar-refractivity contribution in [2.75, 3.05) is 5.73 Å². The summed E-state index contributed by atoms with van der Waals surface area (Å²) in [4.78, 5) is 4.34. The first-order chi connectivity index (χ1) is 9.61. The Morgan fingerprint density at radius 1 is 1.30 bits per heavy atom. The summed E-state index contributed by atoms with van der Waals surface area (Å²) in [5.74, 6) is 0.121. The lowest BCUT2D eigenvalue weighted by Crippen LogP contribution is -2.03. The van der Waals surface area contributed by atoms with Gasteiger partial charge in [-0.1, -0.05) is 25.1 Å². The van der Waals surface area contributed by atoms with Crippen molar-refractivity contribution in [1.82, 2.24) is 9.55 Å². The van der Waals surface area contributed by atoms with Crippen molar-refractivity contribution >= 4 is 39.6 Å². The van der Waals surface area contributed by atoms with E-state index in [1.165, 1.54) is 6.07 Å². The lowest BCUT2D eigenvalue weighted by molar-refractivity contribution is 0.622. The predicted octanol–water partition coefficient (Wildman–Crippen LogP) is 3.91. The summed E-state index contributed by atoms with van der Waals surface area (Å²) in [6.07, 6.45) is 0.877. The Hall–Kier alpha value is -1.63. The molecule has 0 amide bonds. The van der Waals surface area contributed by atoms with Gasteiger partial charge in [0.15, 0.2) is 0 Å². The number of aromatic nitrogens is 2. The van der Waals surface area contributed by atoms with Crippen LogP contribution in [0.5, 0.6) is 0 Å². The molecule has 0 radical (unpaired) electrons. The van der Waals surface area contributed by atoms with Crippen molar-refractivity contribution in [2.45, 2.75) is 13.3 Å². The summed E-state index contributed by atoms with van der Waals surface area (Å²) < 4.78 is 16.2. The number of nitrogens with zero attached hydrogens (tertiary/aromatic N) is 2. The lowest BCUT2D eigenvalue weighted by atomic mass is 10.1. The van der Waals surface area contributed by atoms with Gasteiger partial charge in [-0.3, -0.25) is 4.57 Å². The molecule has 0 unspecified atom stereocenters. The van der Waals surface area contributed by atoms with Crippen molar-refractivity contribution in [1.29, 1.82) is 0 Å². The molecule has 0 bridgehead atoms. The summed E-state index contributed by atoms with van der Waals surface area (Å²) in [7, 11) is 0. The fraction of sp³-hybridized carbons (Fsp3) is 0.133. The molecule has 0 atom stereocenters. The van der Waals surface area contributed by atoms with Gasteiger partial charge in [0, 0.05) is 6.07 Å². The highest BCUT2D eigenvalue weighted by Crippen LogP contribution is 2.28. The average Bonchev–Trinajstić information content (AvgIpc) is 2.74. The van der Waals surface area contributed by atoms with Crippen LogP contribution in [0, 0.1) is 9.39 Å². The van der Waals surface area contributed by atoms with Gasteiger partial charge in [0.05, 0.1) is 20.3 Å². The van der Waals surface area contributed by atoms with Gasteiger partial charge >= 0.3 is 0 Å². The molecule has 3 rings (SSSR count). The molecule has 2 aromatic carbocycles. The zero-order valence-corrected chi connectivity index (χ0v) is 13.1. The topological polar surface area (TPSA) is 43.8 Å². The second-order valence-corrected chi connectivity index (χ2v) is 5.70. The van der Waals surface area contributed by atoms with Crippen molar-refractivity contribution in [3.63, 3.8) is 0 Å². The van der Waals surface area contributed by atoms with Crippen molar-refractivity contribution in [2.24, 2.45) is 0 Å². The molecule has 1 heterocycles. The van der Waals surface area contributed by atoms with E-state index in [2.05, 4.69) is 11.9 Å². The Balaban J connectivity index is 2.36. The summed E-state index contributed by atoms with van der Waals surface area (Å²) in [6.45, 7) is 2.08. The molecule has 0 aliphatic carbocycles. The number of hydrogen-bond donors (Lipinski definition) is 1. The molecule has 1 aromatic heterocycles. The van der Waals surface area contributed by atoms with Crippen LogP contribution < -0.4 is 5.73 Å². The summed E-state index contributed by atoms with van der Waals surface area (Å²) in [6, 6.07) is 11.2. The molecule has 20 heavy (non-hydrogen) atoms. The molecule has 3 nitrogen and oxygen atoms in total. The van der Waals surface area contributed by atoms with E-state index in [9.17, 15) is 4.39 Å². The number of para-hydroxylation sites is 1. The van der Waals surface area contributed by atoms with Crippen LogP contribution in [-0.4, -0.2) is 9.55 Å². The summed E-state index contributed by atoms with van der Waals surface area (Å²) in [5.41, 5.74) is 9.54. The van der Waals surface area contributed by atoms with E-state index in [0.29, 0.717) is 20.6 Å². The number of imidazole rings is 1. The van der Waals surface area contributed by atoms with Crippen LogP contribution >= 0.6 is 22.6 Å². The molecule has 2 N–H and O–H groups in total. The standard InChI is InChI=1S/C15H13FIN3/c1-2-9-5-3-4-6-13(9)20-14-7-10(16)11(17)8-12(14)19-15(20)18/h3-8H,2H2,1H3,(H2,18,19). The van der Waals surface area contributed by atoms with E-state index in [-0.39, 0.29) is 5.82 Å². The van der Waals surface area contributed by atoms with Gasteiger partial charge in [-0.25, -0.2) is 9.37 Å². The smallest absolute Gasteiger partial charge is 0.205 e. The van der Waals surface area contributed by atoms with Gasteiger partial charge < -0.3 is 5.73 Å². The molecular formula is C15H13FIN3. The van der Waals surface area contributed by atoms with Crippen LogP contribution in [0.1, 0.15) is 12.5 Å². The van der Waals surface area contributed by atoms with E-state index in [1.54, 1.807) is 6.07 Å². The maximum Gasteiger partial charge on any atom is 0.205 e. The van der Waals surface area contributed by atoms with Gasteiger partial charge in [-0.05, 0) is 46.7 Å². The third kappa shape index (κ3) is 2.06. The van der Waals surface area contributed by atoms with Crippen molar-refractivity contribution < 1.29 is 4.39 Å². The molecule has 0 spiro atoms. The Morgan fingerprint density at radius 2 is 2.05 bits per heavy atom. The first-order valence-corrected chi connectivity index (χ1v) is 7.41. The van der Waals surface area contributed by atoms with Crippen LogP contribution in [0.2, 0.25) is 0 Å². The van der Waals surface area contributed by atoms with Gasteiger partial charge in [0.1, 0.15) is 5.82 Å². The van der Waals surface area contributed by atoms with Crippen molar-refractivity contribution in [3.05, 3.63) is 51.3 Å². The van der Waals surface area contributed by atoms with E-state index in [4.69, 9.17) is 5.73 Å². The maximum absolute atomic E-state index is 13.8. The number of anilines is 1. The number of halogens is 2. The third-order valence-corrected chi connectivity index (χ3v) is 4.16. The monoisotopic (exact) mass is 381 g/mol. The highest BCUT2D eigenvalue weighted by atomic mass is 127. The lowest BCUT2D eigenvalue weighted by Gasteiger charge is -2.11. The van der Waals surface area contributed by atoms with Crippen LogP contribution in [-0.2, 0) is 6.42 Å². The fourth-order valence-electron chi connectivity index (χ4n) is 2.37. The molecular weight excluding hydrogens is 368 g/mol. The van der Waals surface area contributed by atoms with Gasteiger partial charge in [-0.15, -0.1) is 0 Å². The van der Waals surface area contributed by atoms with E-state index in [1.807, 2.05) is 51.4 Å². The molecule has 5 heteroatoms. The number of nitrogens with two attached hydrogens (primary N) is 1. The fourth-order valence-corrected chi connectivity index (χ4v) is 2.82. The molecule has 102 valence electrons. The molecule has 0 saturated carbocycles. The Kier molecular flexibility index (Phi) is 3.37. The number of hydrogen-bond acceptors (Lipinski definition) is 2. The molecule has 0 saturated heterocycles. The highest BCUT2D eigenvalue weighted by molar-refractivity contribution is 14.1. The first kappa shape index (κ1) is 13.4. The van der Waals surface area contributed by atoms with E-state index in [0.717, 1.165) is 17.7 Å². The quantitative estimate of drug-likeness (QED) is 0.684. The summed E-state index contributed by atoms with van der Waals surface area (Å²) in [5, 5.41) is 0. The second-order valence-electron chi connectivity index (χ2n) is 4.54. The number of rotatable bonds is 2. The Labute approximate surface area is 129 Å². The number of benzene rings is 2. The van der Waals surface area contributed by atoms with Crippen molar-refractivity contribution in [3.8, 4) is 5.69 Å². The van der Waals surface area contributed by atoms with Gasteiger partial charge in [0.2, 0.25) is 5.95 Å². The van der Waals surface area contributed by atoms with Crippen LogP contribution in [0.3, 0.4) is 0 Å². The summed E-state index contributed by atoms with van der Waals surface area (Å²) >= 11 is 1.96. The molecule has 0 fully saturated rings. The molecule has 3 aromatic rings. The maximum atomic E-state index is 13.8. The van der Waals surface area contributed by atoms with E-state index < -0.39 is 0 Å². The minimum atomic E-state index is -0.256. The highest BCUT2D eigenvalue weighted by Gasteiger charge is 2.14. The number of aryl methyl sites for hydroxylation is 1. The van der Waals surface area contributed by atoms with Gasteiger partial charge in [0.25, 0.3) is 0 Å². The Bertz CT molecular complexity index is 795. The first-order valence-electron chi connectivity index (χ1n) is 6.33. The zero-order valence-electron chi connectivity index (χ0n) is 10.9. The van der Waals surface area contributed by atoms with Crippen LogP contribution in [0.25, 0.3) is 16.7 Å². The van der Waals surface area contributed by atoms with Crippen LogP contribution in [0.4, 0.5) is 10.3 Å². The number of fused-ring (bicyclic) bond motifs is 1. The van der Waals surface area contributed by atoms with E-state index >= 15 is 0 Å². The second kappa shape index (κ2) is 5.05.